The summed E-state index contributed by atoms with van der Waals surface area (Å²) in [5.74, 6) is 0. The van der Waals surface area contributed by atoms with Crippen LogP contribution in [0.4, 0.5) is 4.79 Å². The van der Waals surface area contributed by atoms with Gasteiger partial charge in [-0.3, -0.25) is 0 Å². The van der Waals surface area contributed by atoms with Gasteiger partial charge < -0.3 is 27.6 Å². The van der Waals surface area contributed by atoms with Gasteiger partial charge in [-0.2, -0.15) is 0 Å². The molecule has 0 atom stereocenters. The maximum Gasteiger partial charge on any atom is 1.00 e. The van der Waals surface area contributed by atoms with Gasteiger partial charge in [-0.25, -0.2) is 9.59 Å². The third-order valence-electron chi connectivity index (χ3n) is 1.37. The molecule has 9 heteroatoms. The molecule has 7 N–H and O–H groups in total. The number of nitrogens with one attached hydrogen (secondary N) is 2. The summed E-state index contributed by atoms with van der Waals surface area (Å²) in [5, 5.41) is 6.30. The van der Waals surface area contributed by atoms with Crippen LogP contribution in [0, 0.1) is 0 Å². The Labute approximate surface area is 155 Å². The van der Waals surface area contributed by atoms with E-state index in [4.69, 9.17) is 16.3 Å². The van der Waals surface area contributed by atoms with Gasteiger partial charge in [-0.1, -0.05) is 39.2 Å². The Balaban J connectivity index is -0.0000000397. The van der Waals surface area contributed by atoms with Crippen LogP contribution in [0.2, 0.25) is 0 Å². The normalized spacial score (nSPS) is 10.5. The van der Waals surface area contributed by atoms with Gasteiger partial charge >= 0.3 is 35.6 Å². The minimum Gasteiger partial charge on any atom is -0.870 e. The molecule has 0 aromatic rings. The van der Waals surface area contributed by atoms with Crippen LogP contribution in [0.25, 0.3) is 0 Å². The van der Waals surface area contributed by atoms with Crippen LogP contribution < -0.4 is 51.7 Å². The fraction of sp³-hybridized carbons (Fsp3) is 0.500. The van der Waals surface area contributed by atoms with Crippen molar-refractivity contribution in [2.45, 2.75) is 14.9 Å². The molecule has 0 fully saturated rings. The third kappa shape index (κ3) is 45.2. The zero-order valence-corrected chi connectivity index (χ0v) is 13.8. The number of amides is 2. The van der Waals surface area contributed by atoms with Crippen LogP contribution in [-0.2, 0) is 4.79 Å². The van der Waals surface area contributed by atoms with E-state index in [0.29, 0.717) is 26.2 Å². The zero-order chi connectivity index (χ0) is 13.4. The summed E-state index contributed by atoms with van der Waals surface area (Å²) in [6.45, 7) is 2.48. The Kier molecular flexibility index (Phi) is 64.5. The van der Waals surface area contributed by atoms with Gasteiger partial charge in [0.25, 0.3) is 0 Å². The number of thiocarbonyl (C=S) groups is 1. The van der Waals surface area contributed by atoms with E-state index in [0.717, 1.165) is 5.23 Å². The van der Waals surface area contributed by atoms with Gasteiger partial charge in [-0.05, 0) is 0 Å². The molecule has 0 unspecified atom stereocenters. The smallest absolute Gasteiger partial charge is 0.870 e. The average Bonchev–Trinajstić information content (AvgIpc) is 2.56. The summed E-state index contributed by atoms with van der Waals surface area (Å²) in [4.78, 5) is 18.9. The predicted octanol–water partition coefficient (Wildman–Crippen LogP) is -2.33. The summed E-state index contributed by atoms with van der Waals surface area (Å²) < 4.78 is 0. The van der Waals surface area contributed by atoms with Crippen LogP contribution in [0.15, 0.2) is 24.3 Å². The summed E-state index contributed by atoms with van der Waals surface area (Å²) >= 11 is 3.59. The molecule has 0 saturated heterocycles. The van der Waals surface area contributed by atoms with E-state index in [2.05, 4.69) is 22.9 Å². The SMILES string of the molecule is C.C.NC/C=C\CN.O=C1NCC=CCN1.O=C=S.[Na+].[OH-]. The monoisotopic (exact) mass is 330 g/mol. The van der Waals surface area contributed by atoms with Crippen LogP contribution in [0.1, 0.15) is 14.9 Å². The van der Waals surface area contributed by atoms with Crippen LogP contribution in [-0.4, -0.2) is 42.9 Å². The molecule has 0 radical (unpaired) electrons. The number of carbonyl (C=O) groups is 1. The van der Waals surface area contributed by atoms with Crippen molar-refractivity contribution in [1.29, 1.82) is 0 Å². The molecule has 1 aliphatic heterocycles. The van der Waals surface area contributed by atoms with Gasteiger partial charge in [-0.15, -0.1) is 0 Å². The first-order chi connectivity index (χ1) is 8.22. The van der Waals surface area contributed by atoms with Gasteiger partial charge in [0.15, 0.2) is 0 Å². The maximum atomic E-state index is 10.4. The van der Waals surface area contributed by atoms with E-state index >= 15 is 0 Å². The molecule has 2 amide bonds. The van der Waals surface area contributed by atoms with Gasteiger partial charge in [0.1, 0.15) is 0 Å². The van der Waals surface area contributed by atoms with Crippen LogP contribution in [0.5, 0.6) is 0 Å². The molecule has 1 heterocycles. The predicted molar refractivity (Wildman–Crippen MR) is 86.5 cm³/mol. The Bertz CT molecular complexity index is 266. The molecule has 1 rings (SSSR count). The Morgan fingerprint density at radius 1 is 1.14 bits per heavy atom. The first-order valence-electron chi connectivity index (χ1n) is 4.94. The van der Waals surface area contributed by atoms with E-state index in [1.807, 2.05) is 24.3 Å². The standard InChI is InChI=1S/C5H8N2O.C4H10N2.COS.2CH4.Na.H2O/c8-5-6-3-1-2-4-7-5;5-3-1-2-4-6;2-1-3;;;;/h1-2H,3-4H2,(H2,6,7,8);1-2H,3-6H2;;2*1H4;;1H2/q;;;;;+1;/p-1/b;2-1-;;;;;. The maximum absolute atomic E-state index is 10.4. The molecule has 1 aliphatic rings. The molecule has 0 aromatic heterocycles. The average molecular weight is 330 g/mol. The molecule has 0 aliphatic carbocycles. The Morgan fingerprint density at radius 3 is 1.67 bits per heavy atom. The Morgan fingerprint density at radius 2 is 1.43 bits per heavy atom. The second kappa shape index (κ2) is 36.6. The van der Waals surface area contributed by atoms with Crippen molar-refractivity contribution in [3.05, 3.63) is 24.3 Å². The molecule has 0 bridgehead atoms. The summed E-state index contributed by atoms with van der Waals surface area (Å²) in [5.41, 5.74) is 10.1. The number of hydrogen-bond acceptors (Lipinski definition) is 6. The van der Waals surface area contributed by atoms with Crippen molar-refractivity contribution in [2.24, 2.45) is 11.5 Å². The quantitative estimate of drug-likeness (QED) is 0.254. The van der Waals surface area contributed by atoms with Gasteiger partial charge in [0.05, 0.1) is 0 Å². The first-order valence-corrected chi connectivity index (χ1v) is 5.34. The van der Waals surface area contributed by atoms with E-state index in [9.17, 15) is 4.79 Å². The van der Waals surface area contributed by atoms with E-state index < -0.39 is 0 Å². The molecular formula is C12H27N4NaO3S. The number of urea groups is 1. The van der Waals surface area contributed by atoms with Gasteiger partial charge in [0, 0.05) is 38.4 Å². The van der Waals surface area contributed by atoms with Crippen molar-refractivity contribution < 1.29 is 44.6 Å². The molecule has 120 valence electrons. The fourth-order valence-electron chi connectivity index (χ4n) is 0.725. The summed E-state index contributed by atoms with van der Waals surface area (Å²) in [7, 11) is 0. The number of nitrogens with two attached hydrogens (primary N) is 2. The molecule has 0 aromatic carbocycles. The summed E-state index contributed by atoms with van der Waals surface area (Å²) in [6, 6.07) is -0.0880. The molecule has 0 saturated carbocycles. The second-order valence-corrected chi connectivity index (χ2v) is 2.76. The third-order valence-corrected chi connectivity index (χ3v) is 1.37. The van der Waals surface area contributed by atoms with Crippen molar-refractivity contribution in [2.75, 3.05) is 26.2 Å². The minimum atomic E-state index is -0.0880. The molecule has 21 heavy (non-hydrogen) atoms. The van der Waals surface area contributed by atoms with E-state index in [1.165, 1.54) is 0 Å². The largest absolute Gasteiger partial charge is 1.00 e. The fourth-order valence-corrected chi connectivity index (χ4v) is 0.725. The van der Waals surface area contributed by atoms with Gasteiger partial charge in [0.2, 0.25) is 5.23 Å². The topological polar surface area (TPSA) is 140 Å². The molecule has 0 spiro atoms. The van der Waals surface area contributed by atoms with E-state index in [1.54, 1.807) is 0 Å². The number of carbonyl (C=O) groups excluding carboxylic acids is 2. The summed E-state index contributed by atoms with van der Waals surface area (Å²) in [6.07, 6.45) is 7.50. The van der Waals surface area contributed by atoms with Crippen molar-refractivity contribution >= 4 is 23.5 Å². The molecule has 7 nitrogen and oxygen atoms in total. The van der Waals surface area contributed by atoms with Crippen molar-refractivity contribution in [3.63, 3.8) is 0 Å². The zero-order valence-electron chi connectivity index (χ0n) is 11.0. The van der Waals surface area contributed by atoms with Crippen molar-refractivity contribution in [1.82, 2.24) is 10.6 Å². The van der Waals surface area contributed by atoms with Crippen LogP contribution >= 0.6 is 12.2 Å². The molecular weight excluding hydrogens is 303 g/mol. The minimum absolute atomic E-state index is 0. The number of hydrogen-bond donors (Lipinski definition) is 4. The van der Waals surface area contributed by atoms with Crippen molar-refractivity contribution in [3.8, 4) is 0 Å². The first kappa shape index (κ1) is 37.0. The Hall–Kier alpha value is -0.570. The second-order valence-electron chi connectivity index (χ2n) is 2.59. The van der Waals surface area contributed by atoms with E-state index in [-0.39, 0.29) is 55.9 Å². The number of rotatable bonds is 2. The van der Waals surface area contributed by atoms with Crippen LogP contribution in [0.3, 0.4) is 0 Å².